The van der Waals surface area contributed by atoms with E-state index in [1.807, 2.05) is 6.07 Å². The van der Waals surface area contributed by atoms with Gasteiger partial charge in [0.25, 0.3) is 0 Å². The highest BCUT2D eigenvalue weighted by Crippen LogP contribution is 2.30. The molecule has 0 unspecified atom stereocenters. The number of aromatic nitrogens is 1. The Morgan fingerprint density at radius 1 is 1.22 bits per heavy atom. The fraction of sp³-hybridized carbons (Fsp3) is 0.381. The summed E-state index contributed by atoms with van der Waals surface area (Å²) in [6, 6.07) is 6.72. The number of carboxylic acid groups (broad SMARTS) is 1. The maximum Gasteiger partial charge on any atom is 0.404 e. The van der Waals surface area contributed by atoms with Gasteiger partial charge in [0.05, 0.1) is 38.5 Å². The summed E-state index contributed by atoms with van der Waals surface area (Å²) in [5, 5.41) is 26.6. The molecule has 1 heterocycles. The smallest absolute Gasteiger partial charge is 0.404 e. The van der Waals surface area contributed by atoms with Crippen molar-refractivity contribution in [3.05, 3.63) is 35.6 Å². The van der Waals surface area contributed by atoms with E-state index in [2.05, 4.69) is 20.9 Å². The van der Waals surface area contributed by atoms with Crippen LogP contribution in [-0.4, -0.2) is 55.7 Å². The van der Waals surface area contributed by atoms with E-state index in [1.54, 1.807) is 32.0 Å². The van der Waals surface area contributed by atoms with Crippen molar-refractivity contribution >= 4 is 23.4 Å². The van der Waals surface area contributed by atoms with Crippen LogP contribution < -0.4 is 25.4 Å². The Morgan fingerprint density at radius 2 is 1.88 bits per heavy atom. The summed E-state index contributed by atoms with van der Waals surface area (Å²) in [5.41, 5.74) is 0.488. The number of halogens is 1. The molecule has 172 valence electrons. The maximum absolute atomic E-state index is 14.7. The van der Waals surface area contributed by atoms with Crippen molar-refractivity contribution in [1.82, 2.24) is 10.3 Å². The number of pyridine rings is 1. The molecule has 0 saturated carbocycles. The minimum atomic E-state index is -1.22. The highest BCUT2D eigenvalue weighted by molar-refractivity contribution is 5.68. The second-order valence-corrected chi connectivity index (χ2v) is 6.70. The van der Waals surface area contributed by atoms with Gasteiger partial charge in [-0.25, -0.2) is 14.2 Å². The molecule has 0 aliphatic carbocycles. The molecular formula is C21H26FN5O5. The Morgan fingerprint density at radius 3 is 2.41 bits per heavy atom. The molecule has 1 amide bonds. The number of nitrogens with zero attached hydrogens (tertiary/aromatic N) is 2. The number of nitriles is 1. The fourth-order valence-corrected chi connectivity index (χ4v) is 2.81. The largest absolute Gasteiger partial charge is 0.497 e. The molecule has 0 aliphatic heterocycles. The highest BCUT2D eigenvalue weighted by Gasteiger charge is 2.22. The molecule has 0 radical (unpaired) electrons. The molecule has 1 aromatic carbocycles. The predicted molar refractivity (Wildman–Crippen MR) is 116 cm³/mol. The third-order valence-corrected chi connectivity index (χ3v) is 4.49. The van der Waals surface area contributed by atoms with Crippen LogP contribution in [0.4, 0.5) is 26.5 Å². The van der Waals surface area contributed by atoms with Gasteiger partial charge in [-0.1, -0.05) is 0 Å². The third-order valence-electron chi connectivity index (χ3n) is 4.49. The average Bonchev–Trinajstić information content (AvgIpc) is 2.77. The Hall–Kier alpha value is -3.78. The summed E-state index contributed by atoms with van der Waals surface area (Å²) >= 11 is 0. The number of rotatable bonds is 11. The zero-order chi connectivity index (χ0) is 23.7. The Labute approximate surface area is 185 Å². The van der Waals surface area contributed by atoms with Crippen LogP contribution in [0.5, 0.6) is 11.5 Å². The van der Waals surface area contributed by atoms with Crippen LogP contribution in [-0.2, 0) is 4.74 Å². The van der Waals surface area contributed by atoms with Crippen LogP contribution in [0.2, 0.25) is 0 Å². The summed E-state index contributed by atoms with van der Waals surface area (Å²) in [5.74, 6) is 0.192. The van der Waals surface area contributed by atoms with Crippen LogP contribution >= 0.6 is 0 Å². The van der Waals surface area contributed by atoms with Crippen molar-refractivity contribution in [3.8, 4) is 17.6 Å². The van der Waals surface area contributed by atoms with E-state index in [1.165, 1.54) is 14.2 Å². The quantitative estimate of drug-likeness (QED) is 0.409. The van der Waals surface area contributed by atoms with Crippen molar-refractivity contribution in [1.29, 1.82) is 5.26 Å². The molecule has 11 heteroatoms. The number of benzene rings is 1. The van der Waals surface area contributed by atoms with Crippen LogP contribution in [0.25, 0.3) is 0 Å². The first kappa shape index (κ1) is 24.5. The van der Waals surface area contributed by atoms with Crippen molar-refractivity contribution in [2.24, 2.45) is 0 Å². The molecule has 32 heavy (non-hydrogen) atoms. The van der Waals surface area contributed by atoms with Gasteiger partial charge in [0.15, 0.2) is 17.5 Å². The van der Waals surface area contributed by atoms with Crippen molar-refractivity contribution in [2.75, 3.05) is 38.1 Å². The molecule has 2 aromatic rings. The zero-order valence-corrected chi connectivity index (χ0v) is 18.2. The predicted octanol–water partition coefficient (Wildman–Crippen LogP) is 3.33. The van der Waals surface area contributed by atoms with Crippen molar-refractivity contribution in [3.63, 3.8) is 0 Å². The lowest BCUT2D eigenvalue weighted by Crippen LogP contribution is -2.47. The van der Waals surface area contributed by atoms with Crippen molar-refractivity contribution in [2.45, 2.75) is 25.9 Å². The van der Waals surface area contributed by atoms with Gasteiger partial charge in [-0.3, -0.25) is 0 Å². The van der Waals surface area contributed by atoms with Gasteiger partial charge in [0.1, 0.15) is 17.6 Å². The monoisotopic (exact) mass is 447 g/mol. The highest BCUT2D eigenvalue weighted by atomic mass is 19.1. The molecule has 0 fully saturated rings. The number of methoxy groups -OCH3 is 2. The van der Waals surface area contributed by atoms with E-state index in [0.29, 0.717) is 23.8 Å². The molecular weight excluding hydrogens is 421 g/mol. The number of hydrogen-bond acceptors (Lipinski definition) is 8. The molecule has 10 nitrogen and oxygen atoms in total. The molecule has 0 bridgehead atoms. The first-order chi connectivity index (χ1) is 15.3. The number of carbonyl (C=O) groups is 1. The van der Waals surface area contributed by atoms with Crippen LogP contribution in [0.3, 0.4) is 0 Å². The summed E-state index contributed by atoms with van der Waals surface area (Å²) < 4.78 is 30.5. The molecule has 0 saturated heterocycles. The van der Waals surface area contributed by atoms with Crippen molar-refractivity contribution < 1.29 is 28.5 Å². The van der Waals surface area contributed by atoms with E-state index in [4.69, 9.17) is 19.3 Å². The van der Waals surface area contributed by atoms with Crippen LogP contribution in [0.15, 0.2) is 24.3 Å². The summed E-state index contributed by atoms with van der Waals surface area (Å²) in [6.45, 7) is 3.91. The third kappa shape index (κ3) is 6.61. The average molecular weight is 447 g/mol. The Balaban J connectivity index is 2.38. The number of anilines is 3. The SMILES string of the molecule is CCOC[C@@H](Nc1nc(Nc2cc(OC)cc(OC)c2)c(C#N)cc1F)[C@H](C)NC(=O)O. The van der Waals surface area contributed by atoms with Gasteiger partial charge >= 0.3 is 6.09 Å². The zero-order valence-electron chi connectivity index (χ0n) is 18.2. The molecule has 0 aliphatic rings. The summed E-state index contributed by atoms with van der Waals surface area (Å²) in [4.78, 5) is 15.2. The second kappa shape index (κ2) is 11.6. The fourth-order valence-electron chi connectivity index (χ4n) is 2.81. The molecule has 0 spiro atoms. The number of hydrogen-bond donors (Lipinski definition) is 4. The molecule has 1 aromatic heterocycles. The number of nitrogens with one attached hydrogen (secondary N) is 3. The lowest BCUT2D eigenvalue weighted by atomic mass is 10.1. The molecule has 4 N–H and O–H groups in total. The van der Waals surface area contributed by atoms with Gasteiger partial charge < -0.3 is 35.3 Å². The maximum atomic E-state index is 14.7. The van der Waals surface area contributed by atoms with Gasteiger partial charge in [-0.05, 0) is 19.9 Å². The first-order valence-corrected chi connectivity index (χ1v) is 9.75. The van der Waals surface area contributed by atoms with Crippen LogP contribution in [0, 0.1) is 17.1 Å². The molecule has 2 atom stereocenters. The first-order valence-electron chi connectivity index (χ1n) is 9.75. The normalized spacial score (nSPS) is 12.2. The van der Waals surface area contributed by atoms with Gasteiger partial charge in [-0.15, -0.1) is 0 Å². The second-order valence-electron chi connectivity index (χ2n) is 6.70. The standard InChI is InChI=1S/C21H26FN5O5/c1-5-32-11-18(12(2)24-21(28)29)26-20-17(22)6-13(10-23)19(27-20)25-14-7-15(30-3)9-16(8-14)31-4/h6-9,12,18,24H,5,11H2,1-4H3,(H,28,29)(H2,25,26,27)/t12-,18+/m0/s1. The minimum absolute atomic E-state index is 0.0205. The molecule has 2 rings (SSSR count). The van der Waals surface area contributed by atoms with E-state index in [9.17, 15) is 14.4 Å². The number of ether oxygens (including phenoxy) is 3. The summed E-state index contributed by atoms with van der Waals surface area (Å²) in [7, 11) is 3.00. The van der Waals surface area contributed by atoms with E-state index in [0.717, 1.165) is 6.07 Å². The Bertz CT molecular complexity index is 960. The number of amides is 1. The van der Waals surface area contributed by atoms with E-state index >= 15 is 0 Å². The summed E-state index contributed by atoms with van der Waals surface area (Å²) in [6.07, 6.45) is -1.22. The van der Waals surface area contributed by atoms with Gasteiger partial charge in [0.2, 0.25) is 0 Å². The van der Waals surface area contributed by atoms with E-state index in [-0.39, 0.29) is 23.8 Å². The van der Waals surface area contributed by atoms with Gasteiger partial charge in [-0.2, -0.15) is 5.26 Å². The lowest BCUT2D eigenvalue weighted by Gasteiger charge is -2.26. The topological polar surface area (TPSA) is 138 Å². The minimum Gasteiger partial charge on any atom is -0.497 e. The van der Waals surface area contributed by atoms with Gasteiger partial charge in [0, 0.05) is 30.5 Å². The Kier molecular flexibility index (Phi) is 8.85. The van der Waals surface area contributed by atoms with E-state index < -0.39 is 24.0 Å². The lowest BCUT2D eigenvalue weighted by molar-refractivity contribution is 0.127. The van der Waals surface area contributed by atoms with Crippen LogP contribution in [0.1, 0.15) is 19.4 Å².